The predicted molar refractivity (Wildman–Crippen MR) is 167 cm³/mol. The van der Waals surface area contributed by atoms with Crippen LogP contribution in [0.15, 0.2) is 71.6 Å². The molecule has 0 spiro atoms. The van der Waals surface area contributed by atoms with Crippen LogP contribution in [0.2, 0.25) is 10.0 Å². The second-order valence-corrected chi connectivity index (χ2v) is 12.7. The van der Waals surface area contributed by atoms with Gasteiger partial charge in [-0.1, -0.05) is 67.7 Å². The number of rotatable bonds is 13. The third kappa shape index (κ3) is 7.93. The van der Waals surface area contributed by atoms with Crippen LogP contribution in [0, 0.1) is 0 Å². The number of benzene rings is 3. The topological polar surface area (TPSA) is 105 Å². The minimum absolute atomic E-state index is 0.00864. The summed E-state index contributed by atoms with van der Waals surface area (Å²) in [7, 11) is -4.22. The largest absolute Gasteiger partial charge is 0.486 e. The van der Waals surface area contributed by atoms with Gasteiger partial charge in [-0.05, 0) is 54.8 Å². The lowest BCUT2D eigenvalue weighted by Crippen LogP contribution is -2.52. The number of nitrogens with one attached hydrogen (secondary N) is 1. The lowest BCUT2D eigenvalue weighted by atomic mass is 10.1. The van der Waals surface area contributed by atoms with E-state index in [2.05, 4.69) is 5.32 Å². The summed E-state index contributed by atoms with van der Waals surface area (Å²) in [5.41, 5.74) is 0.780. The SMILES string of the molecule is CCCCNC(=O)C(CC)N(Cc1ccc(Cl)cc1Cl)C(=O)CN(c1ccc2c(c1)OCCO2)S(=O)(=O)c1ccccc1. The van der Waals surface area contributed by atoms with E-state index in [1.807, 2.05) is 6.92 Å². The third-order valence-electron chi connectivity index (χ3n) is 7.00. The maximum Gasteiger partial charge on any atom is 0.264 e. The first-order valence-corrected chi connectivity index (χ1v) is 16.3. The fourth-order valence-electron chi connectivity index (χ4n) is 4.69. The highest BCUT2D eigenvalue weighted by molar-refractivity contribution is 7.92. The molecule has 0 saturated heterocycles. The first kappa shape index (κ1) is 32.4. The Labute approximate surface area is 262 Å². The van der Waals surface area contributed by atoms with E-state index in [0.717, 1.165) is 17.1 Å². The molecule has 1 unspecified atom stereocenters. The standard InChI is InChI=1S/C31H35Cl2N3O6S/c1-3-5-15-34-31(38)27(4-2)35(20-22-11-12-23(32)18-26(22)33)30(37)21-36(43(39,40)25-9-7-6-8-10-25)24-13-14-28-29(19-24)42-17-16-41-28/h6-14,18-19,27H,3-5,15-17,20-21H2,1-2H3,(H,34,38). The molecule has 1 aliphatic heterocycles. The van der Waals surface area contributed by atoms with E-state index in [-0.39, 0.29) is 23.0 Å². The Kier molecular flexibility index (Phi) is 11.2. The minimum Gasteiger partial charge on any atom is -0.486 e. The molecule has 230 valence electrons. The summed E-state index contributed by atoms with van der Waals surface area (Å²) >= 11 is 12.6. The maximum absolute atomic E-state index is 14.2. The van der Waals surface area contributed by atoms with Gasteiger partial charge in [0.2, 0.25) is 11.8 Å². The number of anilines is 1. The van der Waals surface area contributed by atoms with Gasteiger partial charge in [-0.25, -0.2) is 8.42 Å². The van der Waals surface area contributed by atoms with Gasteiger partial charge in [-0.2, -0.15) is 0 Å². The molecule has 2 amide bonds. The van der Waals surface area contributed by atoms with Gasteiger partial charge in [0, 0.05) is 29.2 Å². The average molecular weight is 649 g/mol. The van der Waals surface area contributed by atoms with E-state index in [4.69, 9.17) is 32.7 Å². The monoisotopic (exact) mass is 647 g/mol. The molecule has 0 fully saturated rings. The zero-order valence-corrected chi connectivity index (χ0v) is 26.4. The van der Waals surface area contributed by atoms with Crippen molar-refractivity contribution in [3.63, 3.8) is 0 Å². The molecule has 4 rings (SSSR count). The number of nitrogens with zero attached hydrogens (tertiary/aromatic N) is 2. The number of amides is 2. The van der Waals surface area contributed by atoms with Gasteiger partial charge < -0.3 is 19.7 Å². The van der Waals surface area contributed by atoms with Crippen molar-refractivity contribution in [2.24, 2.45) is 0 Å². The van der Waals surface area contributed by atoms with Gasteiger partial charge in [0.1, 0.15) is 25.8 Å². The second kappa shape index (κ2) is 14.8. The second-order valence-electron chi connectivity index (χ2n) is 9.98. The Bertz CT molecular complexity index is 1540. The quantitative estimate of drug-likeness (QED) is 0.239. The van der Waals surface area contributed by atoms with Crippen molar-refractivity contribution >= 4 is 50.7 Å². The summed E-state index contributed by atoms with van der Waals surface area (Å²) in [5, 5.41) is 3.66. The van der Waals surface area contributed by atoms with Crippen molar-refractivity contribution in [2.75, 3.05) is 30.6 Å². The van der Waals surface area contributed by atoms with Gasteiger partial charge in [0.05, 0.1) is 10.6 Å². The van der Waals surface area contributed by atoms with Crippen molar-refractivity contribution in [3.8, 4) is 11.5 Å². The summed E-state index contributed by atoms with van der Waals surface area (Å²) < 4.78 is 40.4. The molecule has 0 saturated carbocycles. The Morgan fingerprint density at radius 3 is 2.35 bits per heavy atom. The van der Waals surface area contributed by atoms with E-state index in [1.54, 1.807) is 55.5 Å². The van der Waals surface area contributed by atoms with Crippen LogP contribution in [0.4, 0.5) is 5.69 Å². The smallest absolute Gasteiger partial charge is 0.264 e. The molecule has 0 bridgehead atoms. The van der Waals surface area contributed by atoms with Crippen LogP contribution < -0.4 is 19.1 Å². The van der Waals surface area contributed by atoms with Gasteiger partial charge in [-0.15, -0.1) is 0 Å². The van der Waals surface area contributed by atoms with Crippen molar-refractivity contribution in [3.05, 3.63) is 82.3 Å². The molecule has 1 N–H and O–H groups in total. The van der Waals surface area contributed by atoms with Gasteiger partial charge in [-0.3, -0.25) is 13.9 Å². The Hall–Kier alpha value is -3.47. The number of hydrogen-bond acceptors (Lipinski definition) is 6. The van der Waals surface area contributed by atoms with Crippen molar-refractivity contribution in [1.82, 2.24) is 10.2 Å². The van der Waals surface area contributed by atoms with Crippen LogP contribution in [0.5, 0.6) is 11.5 Å². The zero-order valence-electron chi connectivity index (χ0n) is 24.1. The average Bonchev–Trinajstić information content (AvgIpc) is 3.01. The normalized spacial score (nSPS) is 13.2. The summed E-state index contributed by atoms with van der Waals surface area (Å²) in [6.07, 6.45) is 1.97. The van der Waals surface area contributed by atoms with Gasteiger partial charge in [0.15, 0.2) is 11.5 Å². The molecular formula is C31H35Cl2N3O6S. The van der Waals surface area contributed by atoms with E-state index < -0.39 is 28.5 Å². The molecule has 43 heavy (non-hydrogen) atoms. The summed E-state index contributed by atoms with van der Waals surface area (Å²) in [5.74, 6) is -0.0627. The number of ether oxygens (including phenoxy) is 2. The first-order chi connectivity index (χ1) is 20.6. The summed E-state index contributed by atoms with van der Waals surface area (Å²) in [6, 6.07) is 16.6. The van der Waals surface area contributed by atoms with Crippen LogP contribution in [0.1, 0.15) is 38.7 Å². The number of sulfonamides is 1. The van der Waals surface area contributed by atoms with Gasteiger partial charge >= 0.3 is 0 Å². The molecule has 3 aromatic rings. The Balaban J connectivity index is 1.75. The van der Waals surface area contributed by atoms with E-state index in [1.165, 1.54) is 23.1 Å². The fourth-order valence-corrected chi connectivity index (χ4v) is 6.59. The zero-order chi connectivity index (χ0) is 31.0. The molecule has 1 heterocycles. The van der Waals surface area contributed by atoms with E-state index in [9.17, 15) is 18.0 Å². The highest BCUT2D eigenvalue weighted by Crippen LogP contribution is 2.36. The minimum atomic E-state index is -4.22. The predicted octanol–water partition coefficient (Wildman–Crippen LogP) is 5.68. The van der Waals surface area contributed by atoms with Crippen molar-refractivity contribution in [1.29, 1.82) is 0 Å². The van der Waals surface area contributed by atoms with E-state index in [0.29, 0.717) is 53.3 Å². The molecule has 12 heteroatoms. The lowest BCUT2D eigenvalue weighted by molar-refractivity contribution is -0.140. The molecule has 1 aliphatic rings. The van der Waals surface area contributed by atoms with Crippen LogP contribution in [0.3, 0.4) is 0 Å². The van der Waals surface area contributed by atoms with E-state index >= 15 is 0 Å². The van der Waals surface area contributed by atoms with Crippen LogP contribution in [-0.4, -0.2) is 57.5 Å². The molecule has 0 radical (unpaired) electrons. The number of hydrogen-bond donors (Lipinski definition) is 1. The van der Waals surface area contributed by atoms with Crippen LogP contribution in [-0.2, 0) is 26.2 Å². The number of fused-ring (bicyclic) bond motifs is 1. The number of unbranched alkanes of at least 4 members (excludes halogenated alkanes) is 1. The van der Waals surface area contributed by atoms with Crippen LogP contribution >= 0.6 is 23.2 Å². The Morgan fingerprint density at radius 2 is 1.67 bits per heavy atom. The third-order valence-corrected chi connectivity index (χ3v) is 9.37. The number of carbonyl (C=O) groups excluding carboxylic acids is 2. The molecule has 3 aromatic carbocycles. The van der Waals surface area contributed by atoms with Crippen molar-refractivity contribution < 1.29 is 27.5 Å². The number of halogens is 2. The highest BCUT2D eigenvalue weighted by Gasteiger charge is 2.34. The lowest BCUT2D eigenvalue weighted by Gasteiger charge is -2.33. The Morgan fingerprint density at radius 1 is 0.953 bits per heavy atom. The van der Waals surface area contributed by atoms with Crippen LogP contribution in [0.25, 0.3) is 0 Å². The first-order valence-electron chi connectivity index (χ1n) is 14.1. The molecule has 0 aromatic heterocycles. The fraction of sp³-hybridized carbons (Fsp3) is 0.355. The molecular weight excluding hydrogens is 613 g/mol. The summed E-state index contributed by atoms with van der Waals surface area (Å²) in [4.78, 5) is 28.9. The van der Waals surface area contributed by atoms with Gasteiger partial charge in [0.25, 0.3) is 10.0 Å². The number of carbonyl (C=O) groups is 2. The maximum atomic E-state index is 14.2. The molecule has 0 aliphatic carbocycles. The van der Waals surface area contributed by atoms with Crippen molar-refractivity contribution in [2.45, 2.75) is 50.6 Å². The summed E-state index contributed by atoms with van der Waals surface area (Å²) in [6.45, 7) is 4.34. The highest BCUT2D eigenvalue weighted by atomic mass is 35.5. The molecule has 1 atom stereocenters. The molecule has 9 nitrogen and oxygen atoms in total.